The Balaban J connectivity index is 0.000000189. The van der Waals surface area contributed by atoms with Gasteiger partial charge in [0, 0.05) is 16.7 Å². The molecule has 0 bridgehead atoms. The smallest absolute Gasteiger partial charge is 0.351 e. The summed E-state index contributed by atoms with van der Waals surface area (Å²) in [5.41, 5.74) is 20.0. The topological polar surface area (TPSA) is 319 Å². The van der Waals surface area contributed by atoms with Crippen LogP contribution in [0, 0.1) is 6.92 Å². The Morgan fingerprint density at radius 2 is 1.57 bits per heavy atom. The highest BCUT2D eigenvalue weighted by molar-refractivity contribution is 5.83. The molecule has 0 aliphatic carbocycles. The molecule has 0 saturated carbocycles. The van der Waals surface area contributed by atoms with Gasteiger partial charge in [0.1, 0.15) is 48.8 Å². The summed E-state index contributed by atoms with van der Waals surface area (Å²) in [6.45, 7) is 0.708. The molecule has 2 saturated heterocycles. The Hall–Kier alpha value is -3.98. The molecule has 20 nitrogen and oxygen atoms in total. The van der Waals surface area contributed by atoms with Gasteiger partial charge in [-0.15, -0.1) is 0 Å². The standard InChI is InChI=1S/C10H12N8O4.C10H15N3O5/c11-7-4-8(14-2-13-7)18(10(15-4)16-17-12)9-6(21)5(20)3(1-19)22-9;1-4-2-13(10(17)12-8(4)11)9-7(16)6(15)5(3-14)18-9/h2-3,5-6,9,19-21H,1H2,(H2,11,13,14);2,5-7,9,14-16H,3H2,1H3,(H2,11,12,17)/t3-,5-,6-,9-;5-,6-,7-,9-/m11/s1. The van der Waals surface area contributed by atoms with Gasteiger partial charge >= 0.3 is 5.69 Å². The van der Waals surface area contributed by atoms with Gasteiger partial charge in [-0.05, 0) is 17.6 Å². The molecule has 20 heteroatoms. The Morgan fingerprint density at radius 1 is 0.975 bits per heavy atom. The Labute approximate surface area is 223 Å². The second kappa shape index (κ2) is 11.6. The van der Waals surface area contributed by atoms with Crippen LogP contribution in [0.4, 0.5) is 17.6 Å². The van der Waals surface area contributed by atoms with Gasteiger partial charge in [0.25, 0.3) is 0 Å². The van der Waals surface area contributed by atoms with E-state index < -0.39 is 68.0 Å². The van der Waals surface area contributed by atoms with Crippen molar-refractivity contribution in [2.24, 2.45) is 5.11 Å². The number of nitrogens with zero attached hydrogens (tertiary/aromatic N) is 9. The number of ether oxygens (including phenoxy) is 2. The van der Waals surface area contributed by atoms with Gasteiger partial charge in [0.2, 0.25) is 5.95 Å². The quantitative estimate of drug-likeness (QED) is 0.0853. The van der Waals surface area contributed by atoms with Gasteiger partial charge in [-0.3, -0.25) is 9.13 Å². The van der Waals surface area contributed by atoms with Crippen molar-refractivity contribution >= 4 is 28.7 Å². The second-order valence-electron chi connectivity index (χ2n) is 8.86. The highest BCUT2D eigenvalue weighted by Gasteiger charge is 2.45. The lowest BCUT2D eigenvalue weighted by atomic mass is 10.1. The number of hydrogen-bond donors (Lipinski definition) is 8. The summed E-state index contributed by atoms with van der Waals surface area (Å²) in [7, 11) is 0. The molecular formula is C20H27N11O9. The molecule has 0 radical (unpaired) electrons. The predicted octanol–water partition coefficient (Wildman–Crippen LogP) is -3.29. The molecule has 2 aliphatic rings. The first-order valence-electron chi connectivity index (χ1n) is 11.7. The summed E-state index contributed by atoms with van der Waals surface area (Å²) in [6.07, 6.45) is -6.85. The van der Waals surface area contributed by atoms with E-state index in [-0.39, 0.29) is 28.7 Å². The number of rotatable bonds is 5. The van der Waals surface area contributed by atoms with Crippen molar-refractivity contribution in [2.45, 2.75) is 56.0 Å². The average molecular weight is 566 g/mol. The number of aryl methyl sites for hydroxylation is 1. The molecule has 5 heterocycles. The van der Waals surface area contributed by atoms with Crippen molar-refractivity contribution in [3.63, 3.8) is 0 Å². The van der Waals surface area contributed by atoms with E-state index in [2.05, 4.69) is 30.0 Å². The lowest BCUT2D eigenvalue weighted by Crippen LogP contribution is -2.36. The van der Waals surface area contributed by atoms with Crippen LogP contribution in [0.1, 0.15) is 18.0 Å². The molecule has 0 spiro atoms. The van der Waals surface area contributed by atoms with E-state index in [4.69, 9.17) is 36.7 Å². The molecule has 0 unspecified atom stereocenters. The van der Waals surface area contributed by atoms with Crippen LogP contribution in [0.25, 0.3) is 21.6 Å². The minimum absolute atomic E-state index is 0.0601. The Kier molecular flexibility index (Phi) is 8.44. The Morgan fingerprint density at radius 3 is 2.15 bits per heavy atom. The van der Waals surface area contributed by atoms with Crippen LogP contribution in [0.5, 0.6) is 0 Å². The normalized spacial score (nSPS) is 29.7. The number of aromatic nitrogens is 6. The number of hydrogen-bond acceptors (Lipinski definition) is 16. The van der Waals surface area contributed by atoms with Crippen LogP contribution < -0.4 is 17.2 Å². The zero-order valence-electron chi connectivity index (χ0n) is 20.8. The van der Waals surface area contributed by atoms with Crippen LogP contribution in [-0.2, 0) is 9.47 Å². The average Bonchev–Trinajstić information content (AvgIpc) is 3.54. The lowest BCUT2D eigenvalue weighted by Gasteiger charge is -2.17. The molecule has 10 N–H and O–H groups in total. The SMILES string of the molecule is Cc1cn([C@@H]2O[C@H](CO)[C@@H](O)[C@H]2O)c(=O)nc1N.[N-]=[N+]=Nc1nc2c(N)ncnc2n1[C@@H]1O[C@H](CO)[C@@H](O)[C@H]1O. The monoisotopic (exact) mass is 565 g/mol. The van der Waals surface area contributed by atoms with E-state index in [0.29, 0.717) is 5.56 Å². The second-order valence-corrected chi connectivity index (χ2v) is 8.86. The molecule has 8 atom stereocenters. The van der Waals surface area contributed by atoms with E-state index >= 15 is 0 Å². The molecule has 0 aromatic carbocycles. The minimum atomic E-state index is -1.38. The van der Waals surface area contributed by atoms with E-state index in [9.17, 15) is 25.2 Å². The maximum absolute atomic E-state index is 11.7. The zero-order chi connectivity index (χ0) is 29.3. The minimum Gasteiger partial charge on any atom is -0.394 e. The molecule has 40 heavy (non-hydrogen) atoms. The summed E-state index contributed by atoms with van der Waals surface area (Å²) in [5.74, 6) is 0.00687. The molecule has 2 aliphatic heterocycles. The maximum Gasteiger partial charge on any atom is 0.351 e. The Bertz CT molecular complexity index is 1480. The van der Waals surface area contributed by atoms with Crippen LogP contribution >= 0.6 is 0 Å². The molecule has 0 amide bonds. The molecule has 3 aromatic rings. The fraction of sp³-hybridized carbons (Fsp3) is 0.550. The van der Waals surface area contributed by atoms with Gasteiger partial charge in [0.05, 0.1) is 13.2 Å². The van der Waals surface area contributed by atoms with Gasteiger partial charge in [-0.2, -0.15) is 4.98 Å². The summed E-state index contributed by atoms with van der Waals surface area (Å²) >= 11 is 0. The van der Waals surface area contributed by atoms with Crippen LogP contribution in [-0.4, -0.2) is 110 Å². The van der Waals surface area contributed by atoms with Crippen LogP contribution in [0.3, 0.4) is 0 Å². The first-order valence-corrected chi connectivity index (χ1v) is 11.7. The van der Waals surface area contributed by atoms with Crippen LogP contribution in [0.15, 0.2) is 22.4 Å². The van der Waals surface area contributed by atoms with E-state index in [0.717, 1.165) is 4.57 Å². The third-order valence-electron chi connectivity index (χ3n) is 6.36. The number of azide groups is 1. The van der Waals surface area contributed by atoms with Crippen molar-refractivity contribution in [2.75, 3.05) is 24.7 Å². The summed E-state index contributed by atoms with van der Waals surface area (Å²) in [6, 6.07) is 0. The number of imidazole rings is 1. The molecule has 216 valence electrons. The number of anilines is 2. The van der Waals surface area contributed by atoms with E-state index in [1.807, 2.05) is 0 Å². The number of aliphatic hydroxyl groups is 6. The van der Waals surface area contributed by atoms with Crippen molar-refractivity contribution in [3.8, 4) is 0 Å². The summed E-state index contributed by atoms with van der Waals surface area (Å²) in [4.78, 5) is 29.7. The molecular weight excluding hydrogens is 538 g/mol. The van der Waals surface area contributed by atoms with Crippen molar-refractivity contribution in [3.05, 3.63) is 39.0 Å². The predicted molar refractivity (Wildman–Crippen MR) is 132 cm³/mol. The molecule has 3 aromatic heterocycles. The molecule has 5 rings (SSSR count). The molecule has 2 fully saturated rings. The first kappa shape index (κ1) is 29.0. The van der Waals surface area contributed by atoms with Crippen molar-refractivity contribution in [1.29, 1.82) is 0 Å². The van der Waals surface area contributed by atoms with Gasteiger partial charge in [-0.25, -0.2) is 19.7 Å². The van der Waals surface area contributed by atoms with Crippen molar-refractivity contribution < 1.29 is 40.1 Å². The van der Waals surface area contributed by atoms with Crippen molar-refractivity contribution in [1.82, 2.24) is 29.1 Å². The zero-order valence-corrected chi connectivity index (χ0v) is 20.8. The number of fused-ring (bicyclic) bond motifs is 1. The van der Waals surface area contributed by atoms with Gasteiger partial charge in [-0.1, -0.05) is 0 Å². The summed E-state index contributed by atoms with van der Waals surface area (Å²) in [5, 5.41) is 60.9. The third kappa shape index (κ3) is 5.13. The largest absolute Gasteiger partial charge is 0.394 e. The first-order chi connectivity index (χ1) is 19.0. The number of aliphatic hydroxyl groups excluding tert-OH is 6. The maximum atomic E-state index is 11.7. The van der Waals surface area contributed by atoms with Gasteiger partial charge < -0.3 is 51.6 Å². The highest BCUT2D eigenvalue weighted by Crippen LogP contribution is 2.36. The number of nitrogen functional groups attached to an aromatic ring is 2. The van der Waals surface area contributed by atoms with Crippen LogP contribution in [0.2, 0.25) is 0 Å². The third-order valence-corrected chi connectivity index (χ3v) is 6.36. The van der Waals surface area contributed by atoms with E-state index in [1.54, 1.807) is 6.92 Å². The highest BCUT2D eigenvalue weighted by atomic mass is 16.6. The fourth-order valence-electron chi connectivity index (χ4n) is 4.22. The fourth-order valence-corrected chi connectivity index (χ4v) is 4.22. The number of nitrogens with two attached hydrogens (primary N) is 2. The summed E-state index contributed by atoms with van der Waals surface area (Å²) < 4.78 is 12.9. The van der Waals surface area contributed by atoms with Gasteiger partial charge in [0.15, 0.2) is 29.4 Å². The lowest BCUT2D eigenvalue weighted by molar-refractivity contribution is -0.0550. The van der Waals surface area contributed by atoms with E-state index in [1.165, 1.54) is 17.1 Å².